The number of carbonyl (C=O) groups excluding carboxylic acids is 1. The fraction of sp³-hybridized carbons (Fsp3) is 0.130. The van der Waals surface area contributed by atoms with Crippen molar-refractivity contribution < 1.29 is 13.2 Å². The number of nitrogens with zero attached hydrogens (tertiary/aromatic N) is 4. The number of halogens is 1. The van der Waals surface area contributed by atoms with Crippen molar-refractivity contribution in [3.8, 4) is 0 Å². The van der Waals surface area contributed by atoms with Crippen LogP contribution in [0, 0.1) is 6.92 Å². The minimum atomic E-state index is -3.97. The molecule has 9 nitrogen and oxygen atoms in total. The molecule has 34 heavy (non-hydrogen) atoms. The number of carbonyl (C=O) groups is 1. The molecule has 0 aliphatic heterocycles. The smallest absolute Gasteiger partial charge is 0.268 e. The van der Waals surface area contributed by atoms with Gasteiger partial charge < -0.3 is 9.88 Å². The van der Waals surface area contributed by atoms with Gasteiger partial charge in [0.2, 0.25) is 9.84 Å². The largest absolute Gasteiger partial charge is 0.347 e. The topological polar surface area (TPSA) is 123 Å². The van der Waals surface area contributed by atoms with Gasteiger partial charge >= 0.3 is 0 Å². The number of benzene rings is 2. The van der Waals surface area contributed by atoms with E-state index in [1.54, 1.807) is 25.5 Å². The van der Waals surface area contributed by atoms with Crippen LogP contribution in [0.4, 0.5) is 0 Å². The lowest BCUT2D eigenvalue weighted by Crippen LogP contribution is -2.25. The molecule has 3 heterocycles. The van der Waals surface area contributed by atoms with Gasteiger partial charge in [-0.1, -0.05) is 23.7 Å². The second-order valence-corrected chi connectivity index (χ2v) is 10.1. The second-order valence-electron chi connectivity index (χ2n) is 7.82. The molecule has 0 saturated heterocycles. The van der Waals surface area contributed by atoms with Crippen LogP contribution in [0.25, 0.3) is 21.8 Å². The summed E-state index contributed by atoms with van der Waals surface area (Å²) in [5.74, 6) is 0.203. The number of aromatic amines is 1. The maximum absolute atomic E-state index is 13.3. The standard InChI is InChI=1S/C23H19ClN6O3S/c1-13-25-12-17-14(4-3-5-19(17)28-13)10-26-23(31)20-9-21(22(24)30(20)2)34(32,33)16-6-7-18-15(8-16)11-27-29-18/h3-9,11-12H,10H2,1-2H3,(H,26,31)(H,27,29). The molecule has 11 heteroatoms. The van der Waals surface area contributed by atoms with Crippen LogP contribution in [0.5, 0.6) is 0 Å². The monoisotopic (exact) mass is 494 g/mol. The molecule has 0 aliphatic carbocycles. The summed E-state index contributed by atoms with van der Waals surface area (Å²) >= 11 is 6.37. The summed E-state index contributed by atoms with van der Waals surface area (Å²) in [6.45, 7) is 2.02. The highest BCUT2D eigenvalue weighted by molar-refractivity contribution is 7.91. The summed E-state index contributed by atoms with van der Waals surface area (Å²) in [5.41, 5.74) is 2.46. The van der Waals surface area contributed by atoms with Crippen LogP contribution in [0.1, 0.15) is 21.9 Å². The Morgan fingerprint density at radius 3 is 2.82 bits per heavy atom. The highest BCUT2D eigenvalue weighted by atomic mass is 35.5. The summed E-state index contributed by atoms with van der Waals surface area (Å²) in [6.07, 6.45) is 3.26. The first-order chi connectivity index (χ1) is 16.3. The Morgan fingerprint density at radius 2 is 2.00 bits per heavy atom. The fourth-order valence-electron chi connectivity index (χ4n) is 3.80. The number of fused-ring (bicyclic) bond motifs is 2. The van der Waals surface area contributed by atoms with Crippen LogP contribution in [0.15, 0.2) is 64.6 Å². The van der Waals surface area contributed by atoms with Gasteiger partial charge in [-0.15, -0.1) is 0 Å². The average Bonchev–Trinajstić information content (AvgIpc) is 3.41. The Labute approximate surface area is 199 Å². The van der Waals surface area contributed by atoms with Gasteiger partial charge in [-0.25, -0.2) is 18.4 Å². The summed E-state index contributed by atoms with van der Waals surface area (Å²) in [5, 5.41) is 11.0. The number of rotatable bonds is 5. The number of amides is 1. The molecule has 172 valence electrons. The van der Waals surface area contributed by atoms with Crippen molar-refractivity contribution >= 4 is 49.2 Å². The summed E-state index contributed by atoms with van der Waals surface area (Å²) in [4.78, 5) is 21.5. The number of nitrogens with one attached hydrogen (secondary N) is 2. The van der Waals surface area contributed by atoms with E-state index in [2.05, 4.69) is 25.5 Å². The Kier molecular flexibility index (Phi) is 5.34. The highest BCUT2D eigenvalue weighted by Gasteiger charge is 2.27. The van der Waals surface area contributed by atoms with Gasteiger partial charge in [0.1, 0.15) is 21.6 Å². The molecule has 0 atom stereocenters. The van der Waals surface area contributed by atoms with E-state index in [9.17, 15) is 13.2 Å². The van der Waals surface area contributed by atoms with Crippen molar-refractivity contribution in [2.75, 3.05) is 0 Å². The molecule has 1 amide bonds. The minimum absolute atomic E-state index is 0.0496. The van der Waals surface area contributed by atoms with Crippen LogP contribution in [-0.2, 0) is 23.4 Å². The van der Waals surface area contributed by atoms with Gasteiger partial charge in [0.05, 0.1) is 22.1 Å². The number of hydrogen-bond acceptors (Lipinski definition) is 6. The maximum atomic E-state index is 13.3. The van der Waals surface area contributed by atoms with Gasteiger partial charge in [-0.3, -0.25) is 9.89 Å². The number of aromatic nitrogens is 5. The predicted molar refractivity (Wildman–Crippen MR) is 127 cm³/mol. The molecule has 0 aliphatic rings. The molecule has 0 bridgehead atoms. The van der Waals surface area contributed by atoms with Crippen LogP contribution in [0.3, 0.4) is 0 Å². The van der Waals surface area contributed by atoms with Crippen molar-refractivity contribution in [3.63, 3.8) is 0 Å². The first kappa shape index (κ1) is 22.1. The first-order valence-electron chi connectivity index (χ1n) is 10.3. The predicted octanol–water partition coefficient (Wildman–Crippen LogP) is 3.57. The molecule has 5 rings (SSSR count). The molecule has 2 aromatic carbocycles. The number of sulfone groups is 1. The molecular weight excluding hydrogens is 476 g/mol. The number of aryl methyl sites for hydroxylation is 1. The van der Waals surface area contributed by atoms with E-state index in [4.69, 9.17) is 11.6 Å². The summed E-state index contributed by atoms with van der Waals surface area (Å²) < 4.78 is 27.9. The SMILES string of the molecule is Cc1ncc2c(CNC(=O)c3cc(S(=O)(=O)c4ccc5[nH]ncc5c4)c(Cl)n3C)cccc2n1. The molecule has 2 N–H and O–H groups in total. The fourth-order valence-corrected chi connectivity index (χ4v) is 5.66. The summed E-state index contributed by atoms with van der Waals surface area (Å²) in [7, 11) is -2.42. The zero-order valence-electron chi connectivity index (χ0n) is 18.2. The van der Waals surface area contributed by atoms with Gasteiger partial charge in [0.15, 0.2) is 0 Å². The van der Waals surface area contributed by atoms with Crippen molar-refractivity contribution in [1.82, 2.24) is 30.0 Å². The van der Waals surface area contributed by atoms with Gasteiger partial charge in [0, 0.05) is 30.6 Å². The van der Waals surface area contributed by atoms with E-state index in [1.807, 2.05) is 25.1 Å². The van der Waals surface area contributed by atoms with E-state index in [0.717, 1.165) is 16.5 Å². The number of hydrogen-bond donors (Lipinski definition) is 2. The highest BCUT2D eigenvalue weighted by Crippen LogP contribution is 2.31. The maximum Gasteiger partial charge on any atom is 0.268 e. The van der Waals surface area contributed by atoms with Crippen molar-refractivity contribution in [2.45, 2.75) is 23.3 Å². The summed E-state index contributed by atoms with van der Waals surface area (Å²) in [6, 6.07) is 11.5. The lowest BCUT2D eigenvalue weighted by molar-refractivity contribution is 0.0943. The molecule has 5 aromatic rings. The van der Waals surface area contributed by atoms with Gasteiger partial charge in [-0.2, -0.15) is 5.10 Å². The third-order valence-corrected chi connectivity index (χ3v) is 7.98. The van der Waals surface area contributed by atoms with Crippen LogP contribution < -0.4 is 5.32 Å². The molecule has 0 saturated carbocycles. The second kappa shape index (κ2) is 8.23. The van der Waals surface area contributed by atoms with Crippen molar-refractivity contribution in [2.24, 2.45) is 7.05 Å². The first-order valence-corrected chi connectivity index (χ1v) is 12.1. The van der Waals surface area contributed by atoms with Crippen LogP contribution >= 0.6 is 11.6 Å². The molecular formula is C23H19ClN6O3S. The van der Waals surface area contributed by atoms with E-state index in [1.165, 1.54) is 22.8 Å². The van der Waals surface area contributed by atoms with E-state index < -0.39 is 15.7 Å². The minimum Gasteiger partial charge on any atom is -0.347 e. The Balaban J connectivity index is 1.44. The van der Waals surface area contributed by atoms with Gasteiger partial charge in [0.25, 0.3) is 5.91 Å². The van der Waals surface area contributed by atoms with Crippen molar-refractivity contribution in [3.05, 3.63) is 77.1 Å². The zero-order valence-corrected chi connectivity index (χ0v) is 19.8. The number of H-pyrrole nitrogens is 1. The third kappa shape index (κ3) is 3.70. The average molecular weight is 495 g/mol. The molecule has 3 aromatic heterocycles. The van der Waals surface area contributed by atoms with Crippen LogP contribution in [-0.4, -0.2) is 39.1 Å². The Hall–Kier alpha value is -3.76. The Bertz CT molecular complexity index is 1690. The van der Waals surface area contributed by atoms with Crippen molar-refractivity contribution in [1.29, 1.82) is 0 Å². The molecule has 0 unspecified atom stereocenters. The quantitative estimate of drug-likeness (QED) is 0.385. The van der Waals surface area contributed by atoms with E-state index >= 15 is 0 Å². The zero-order chi connectivity index (χ0) is 24.0. The Morgan fingerprint density at radius 1 is 1.18 bits per heavy atom. The molecule has 0 spiro atoms. The van der Waals surface area contributed by atoms with E-state index in [0.29, 0.717) is 16.7 Å². The van der Waals surface area contributed by atoms with Crippen LogP contribution in [0.2, 0.25) is 5.15 Å². The third-order valence-electron chi connectivity index (χ3n) is 5.65. The lowest BCUT2D eigenvalue weighted by atomic mass is 10.1. The lowest BCUT2D eigenvalue weighted by Gasteiger charge is -2.09. The molecule has 0 fully saturated rings. The normalized spacial score (nSPS) is 11.9. The van der Waals surface area contributed by atoms with E-state index in [-0.39, 0.29) is 27.2 Å². The van der Waals surface area contributed by atoms with Gasteiger partial charge in [-0.05, 0) is 42.8 Å². The molecule has 0 radical (unpaired) electrons.